The summed E-state index contributed by atoms with van der Waals surface area (Å²) in [6.45, 7) is 4.09. The summed E-state index contributed by atoms with van der Waals surface area (Å²) in [6, 6.07) is 4.11. The van der Waals surface area contributed by atoms with Gasteiger partial charge in [0.05, 0.1) is 23.1 Å². The van der Waals surface area contributed by atoms with Gasteiger partial charge in [0.2, 0.25) is 0 Å². The molecule has 0 bridgehead atoms. The summed E-state index contributed by atoms with van der Waals surface area (Å²) in [5.41, 5.74) is 0.215. The molecule has 2 N–H and O–H groups in total. The third-order valence-corrected chi connectivity index (χ3v) is 4.51. The van der Waals surface area contributed by atoms with Gasteiger partial charge in [0.1, 0.15) is 10.7 Å². The van der Waals surface area contributed by atoms with E-state index in [0.717, 1.165) is 0 Å². The van der Waals surface area contributed by atoms with Crippen LogP contribution < -0.4 is 4.72 Å². The molecule has 2 rings (SSSR count). The lowest BCUT2D eigenvalue weighted by Crippen LogP contribution is -2.14. The van der Waals surface area contributed by atoms with Gasteiger partial charge >= 0.3 is 0 Å². The summed E-state index contributed by atoms with van der Waals surface area (Å²) in [4.78, 5) is 7.92. The molecule has 0 unspecified atom stereocenters. The Bertz CT molecular complexity index is 761. The topological polar surface area (TPSA) is 92.2 Å². The Morgan fingerprint density at radius 2 is 1.91 bits per heavy atom. The highest BCUT2D eigenvalue weighted by Gasteiger charge is 2.20. The van der Waals surface area contributed by atoms with Crippen molar-refractivity contribution in [2.75, 3.05) is 4.72 Å². The van der Waals surface area contributed by atoms with Gasteiger partial charge in [-0.15, -0.1) is 0 Å². The summed E-state index contributed by atoms with van der Waals surface area (Å²) in [5, 5.41) is 9.74. The molecule has 0 amide bonds. The minimum Gasteiger partial charge on any atom is -0.505 e. The van der Waals surface area contributed by atoms with Crippen LogP contribution >= 0.6 is 11.6 Å². The maximum absolute atomic E-state index is 12.3. The van der Waals surface area contributed by atoms with Crippen LogP contribution in [0.1, 0.15) is 19.7 Å². The number of halogens is 1. The fraction of sp³-hybridized carbons (Fsp3) is 0.286. The van der Waals surface area contributed by atoms with Crippen molar-refractivity contribution in [3.05, 3.63) is 41.4 Å². The van der Waals surface area contributed by atoms with E-state index in [0.29, 0.717) is 18.2 Å². The number of phenolic OH excluding ortho intramolecular Hbond substituents is 1. The lowest BCUT2D eigenvalue weighted by Gasteiger charge is -2.10. The zero-order chi connectivity index (χ0) is 16.3. The van der Waals surface area contributed by atoms with Crippen molar-refractivity contribution in [3.63, 3.8) is 0 Å². The number of phenols is 1. The lowest BCUT2D eigenvalue weighted by atomic mass is 10.1. The highest BCUT2D eigenvalue weighted by atomic mass is 35.5. The number of nitrogens with zero attached hydrogens (tertiary/aromatic N) is 2. The van der Waals surface area contributed by atoms with Gasteiger partial charge in [-0.1, -0.05) is 31.5 Å². The first-order valence-electron chi connectivity index (χ1n) is 6.61. The molecule has 0 aliphatic carbocycles. The molecule has 0 saturated heterocycles. The normalized spacial score (nSPS) is 11.6. The van der Waals surface area contributed by atoms with Crippen molar-refractivity contribution in [3.8, 4) is 5.75 Å². The highest BCUT2D eigenvalue weighted by molar-refractivity contribution is 7.92. The zero-order valence-electron chi connectivity index (χ0n) is 12.1. The SMILES string of the molecule is CC(C)Cc1ncc(NS(=O)(=O)c2cccc(Cl)c2O)cn1. The quantitative estimate of drug-likeness (QED) is 0.872. The Morgan fingerprint density at radius 3 is 2.50 bits per heavy atom. The molecule has 1 heterocycles. The van der Waals surface area contributed by atoms with Crippen molar-refractivity contribution in [1.82, 2.24) is 9.97 Å². The smallest absolute Gasteiger partial charge is 0.265 e. The van der Waals surface area contributed by atoms with Crippen LogP contribution in [0, 0.1) is 5.92 Å². The summed E-state index contributed by atoms with van der Waals surface area (Å²) < 4.78 is 26.8. The minimum absolute atomic E-state index is 0.0357. The van der Waals surface area contributed by atoms with E-state index in [1.54, 1.807) is 0 Å². The van der Waals surface area contributed by atoms with E-state index in [2.05, 4.69) is 14.7 Å². The molecule has 2 aromatic rings. The molecular formula is C14H16ClN3O3S. The third kappa shape index (κ3) is 3.86. The number of para-hydroxylation sites is 1. The van der Waals surface area contributed by atoms with Gasteiger partial charge < -0.3 is 5.11 Å². The van der Waals surface area contributed by atoms with E-state index in [9.17, 15) is 13.5 Å². The second-order valence-corrected chi connectivity index (χ2v) is 7.24. The predicted octanol–water partition coefficient (Wildman–Crippen LogP) is 2.83. The van der Waals surface area contributed by atoms with Crippen LogP contribution in [-0.2, 0) is 16.4 Å². The average molecular weight is 342 g/mol. The van der Waals surface area contributed by atoms with Crippen molar-refractivity contribution in [2.45, 2.75) is 25.2 Å². The zero-order valence-corrected chi connectivity index (χ0v) is 13.7. The number of anilines is 1. The Hall–Kier alpha value is -1.86. The highest BCUT2D eigenvalue weighted by Crippen LogP contribution is 2.31. The summed E-state index contributed by atoms with van der Waals surface area (Å²) in [7, 11) is -3.97. The largest absolute Gasteiger partial charge is 0.505 e. The van der Waals surface area contributed by atoms with Crippen LogP contribution in [0.5, 0.6) is 5.75 Å². The van der Waals surface area contributed by atoms with E-state index < -0.39 is 15.8 Å². The standard InChI is InChI=1S/C14H16ClN3O3S/c1-9(2)6-13-16-7-10(8-17-13)18-22(20,21)12-5-3-4-11(15)14(12)19/h3-5,7-9,18-19H,6H2,1-2H3. The molecule has 1 aromatic heterocycles. The van der Waals surface area contributed by atoms with E-state index in [1.165, 1.54) is 30.6 Å². The van der Waals surface area contributed by atoms with Crippen LogP contribution in [0.25, 0.3) is 0 Å². The molecule has 0 aliphatic rings. The summed E-state index contributed by atoms with van der Waals surface area (Å²) in [5.74, 6) is 0.559. The number of aromatic hydroxyl groups is 1. The first kappa shape index (κ1) is 16.5. The Kier molecular flexibility index (Phi) is 4.87. The molecule has 118 valence electrons. The monoisotopic (exact) mass is 341 g/mol. The number of nitrogens with one attached hydrogen (secondary N) is 1. The van der Waals surface area contributed by atoms with E-state index in [-0.39, 0.29) is 15.6 Å². The molecule has 0 spiro atoms. The van der Waals surface area contributed by atoms with E-state index in [4.69, 9.17) is 11.6 Å². The van der Waals surface area contributed by atoms with Gasteiger partial charge in [-0.25, -0.2) is 18.4 Å². The van der Waals surface area contributed by atoms with Gasteiger partial charge in [-0.05, 0) is 18.1 Å². The first-order chi connectivity index (χ1) is 10.3. The van der Waals surface area contributed by atoms with Crippen molar-refractivity contribution >= 4 is 27.3 Å². The molecule has 6 nitrogen and oxygen atoms in total. The van der Waals surface area contributed by atoms with Crippen LogP contribution in [0.4, 0.5) is 5.69 Å². The maximum atomic E-state index is 12.3. The molecule has 1 aromatic carbocycles. The molecule has 0 atom stereocenters. The molecule has 0 fully saturated rings. The minimum atomic E-state index is -3.97. The number of sulfonamides is 1. The Balaban J connectivity index is 2.23. The molecular weight excluding hydrogens is 326 g/mol. The van der Waals surface area contributed by atoms with Gasteiger partial charge in [0.25, 0.3) is 10.0 Å². The van der Waals surface area contributed by atoms with Crippen LogP contribution in [0.15, 0.2) is 35.5 Å². The Labute approximate surface area is 134 Å². The van der Waals surface area contributed by atoms with Crippen LogP contribution in [0.2, 0.25) is 5.02 Å². The first-order valence-corrected chi connectivity index (χ1v) is 8.47. The molecule has 0 radical (unpaired) electrons. The molecule has 0 aliphatic heterocycles. The van der Waals surface area contributed by atoms with Crippen LogP contribution in [-0.4, -0.2) is 23.5 Å². The summed E-state index contributed by atoms with van der Waals surface area (Å²) in [6.07, 6.45) is 3.50. The van der Waals surface area contributed by atoms with Gasteiger partial charge in [-0.3, -0.25) is 4.72 Å². The van der Waals surface area contributed by atoms with E-state index in [1.807, 2.05) is 13.8 Å². The Morgan fingerprint density at radius 1 is 1.27 bits per heavy atom. The maximum Gasteiger partial charge on any atom is 0.265 e. The van der Waals surface area contributed by atoms with Crippen molar-refractivity contribution in [2.24, 2.45) is 5.92 Å². The van der Waals surface area contributed by atoms with Gasteiger partial charge in [0.15, 0.2) is 5.75 Å². The fourth-order valence-electron chi connectivity index (χ4n) is 1.80. The third-order valence-electron chi connectivity index (χ3n) is 2.79. The lowest BCUT2D eigenvalue weighted by molar-refractivity contribution is 0.459. The van der Waals surface area contributed by atoms with Crippen molar-refractivity contribution < 1.29 is 13.5 Å². The number of hydrogen-bond donors (Lipinski definition) is 2. The average Bonchev–Trinajstić information content (AvgIpc) is 2.43. The van der Waals surface area contributed by atoms with E-state index >= 15 is 0 Å². The van der Waals surface area contributed by atoms with Gasteiger partial charge in [0, 0.05) is 6.42 Å². The number of benzene rings is 1. The fourth-order valence-corrected chi connectivity index (χ4v) is 3.18. The number of rotatable bonds is 5. The predicted molar refractivity (Wildman–Crippen MR) is 84.5 cm³/mol. The molecule has 8 heteroatoms. The molecule has 0 saturated carbocycles. The number of hydrogen-bond acceptors (Lipinski definition) is 5. The summed E-state index contributed by atoms with van der Waals surface area (Å²) >= 11 is 5.73. The number of aromatic nitrogens is 2. The van der Waals surface area contributed by atoms with Gasteiger partial charge in [-0.2, -0.15) is 0 Å². The second kappa shape index (κ2) is 6.50. The second-order valence-electron chi connectivity index (χ2n) is 5.18. The molecule has 22 heavy (non-hydrogen) atoms. The van der Waals surface area contributed by atoms with Crippen LogP contribution in [0.3, 0.4) is 0 Å². The van der Waals surface area contributed by atoms with Crippen molar-refractivity contribution in [1.29, 1.82) is 0 Å².